The molecule has 4 nitrogen and oxygen atoms in total. The molecule has 0 fully saturated rings. The van der Waals surface area contributed by atoms with Crippen molar-refractivity contribution in [2.75, 3.05) is 6.54 Å². The third-order valence-electron chi connectivity index (χ3n) is 3.26. The minimum Gasteiger partial charge on any atom is -0.481 e. The topological polar surface area (TPSA) is 66.4 Å². The summed E-state index contributed by atoms with van der Waals surface area (Å²) in [5.74, 6) is -1.03. The normalized spacial score (nSPS) is 12.4. The Bertz CT molecular complexity index is 304. The first-order valence-corrected chi connectivity index (χ1v) is 6.11. The summed E-state index contributed by atoms with van der Waals surface area (Å²) in [5.41, 5.74) is -0.207. The summed E-state index contributed by atoms with van der Waals surface area (Å²) in [5, 5.41) is 11.9. The molecule has 0 aliphatic rings. The van der Waals surface area contributed by atoms with E-state index in [1.807, 2.05) is 26.8 Å². The molecule has 0 rings (SSSR count). The first-order chi connectivity index (χ1) is 7.93. The lowest BCUT2D eigenvalue weighted by molar-refractivity contribution is -0.149. The number of hydrogen-bond acceptors (Lipinski definition) is 2. The van der Waals surface area contributed by atoms with E-state index in [0.29, 0.717) is 18.4 Å². The molecular weight excluding hydrogens is 218 g/mol. The quantitative estimate of drug-likeness (QED) is 0.672. The van der Waals surface area contributed by atoms with Gasteiger partial charge in [-0.25, -0.2) is 0 Å². The molecule has 0 aromatic heterocycles. The largest absolute Gasteiger partial charge is 0.481 e. The van der Waals surface area contributed by atoms with E-state index in [0.717, 1.165) is 6.42 Å². The van der Waals surface area contributed by atoms with Crippen molar-refractivity contribution < 1.29 is 14.7 Å². The average molecular weight is 241 g/mol. The summed E-state index contributed by atoms with van der Waals surface area (Å²) >= 11 is 0. The van der Waals surface area contributed by atoms with Crippen LogP contribution < -0.4 is 5.32 Å². The predicted octanol–water partition coefficient (Wildman–Crippen LogP) is 2.35. The van der Waals surface area contributed by atoms with E-state index in [4.69, 9.17) is 0 Å². The van der Waals surface area contributed by atoms with Gasteiger partial charge in [-0.05, 0) is 26.2 Å². The Balaban J connectivity index is 4.57. The summed E-state index contributed by atoms with van der Waals surface area (Å²) in [7, 11) is 0. The maximum absolute atomic E-state index is 11.7. The van der Waals surface area contributed by atoms with Gasteiger partial charge in [-0.3, -0.25) is 9.59 Å². The molecule has 0 heterocycles. The van der Waals surface area contributed by atoms with Crippen LogP contribution in [0.1, 0.15) is 47.0 Å². The molecule has 2 N–H and O–H groups in total. The lowest BCUT2D eigenvalue weighted by atomic mass is 9.82. The fourth-order valence-corrected chi connectivity index (χ4v) is 1.67. The predicted molar refractivity (Wildman–Crippen MR) is 67.7 cm³/mol. The molecule has 0 saturated carbocycles. The van der Waals surface area contributed by atoms with Crippen LogP contribution in [0, 0.1) is 5.41 Å². The maximum atomic E-state index is 11.7. The molecule has 0 aliphatic carbocycles. The summed E-state index contributed by atoms with van der Waals surface area (Å²) in [6, 6.07) is 0. The van der Waals surface area contributed by atoms with Crippen LogP contribution in [0.25, 0.3) is 0 Å². The Kier molecular flexibility index (Phi) is 6.54. The third-order valence-corrected chi connectivity index (χ3v) is 3.26. The monoisotopic (exact) mass is 241 g/mol. The van der Waals surface area contributed by atoms with Crippen LogP contribution in [0.15, 0.2) is 11.6 Å². The van der Waals surface area contributed by atoms with Crippen molar-refractivity contribution in [2.45, 2.75) is 47.0 Å². The van der Waals surface area contributed by atoms with Gasteiger partial charge in [0.15, 0.2) is 0 Å². The van der Waals surface area contributed by atoms with Gasteiger partial charge in [-0.2, -0.15) is 0 Å². The first kappa shape index (κ1) is 15.7. The molecule has 0 radical (unpaired) electrons. The molecule has 0 atom stereocenters. The number of carbonyl (C=O) groups excluding carboxylic acids is 1. The number of allylic oxidation sites excluding steroid dienone is 1. The van der Waals surface area contributed by atoms with E-state index >= 15 is 0 Å². The molecule has 0 aromatic carbocycles. The first-order valence-electron chi connectivity index (χ1n) is 6.11. The van der Waals surface area contributed by atoms with E-state index in [-0.39, 0.29) is 12.5 Å². The highest BCUT2D eigenvalue weighted by Gasteiger charge is 2.35. The Labute approximate surface area is 103 Å². The molecule has 0 spiro atoms. The Hall–Kier alpha value is -1.32. The van der Waals surface area contributed by atoms with Gasteiger partial charge in [0.05, 0.1) is 5.41 Å². The number of carboxylic acid groups (broad SMARTS) is 1. The highest BCUT2D eigenvalue weighted by atomic mass is 16.4. The molecule has 0 aliphatic heterocycles. The Morgan fingerprint density at radius 1 is 1.24 bits per heavy atom. The van der Waals surface area contributed by atoms with Gasteiger partial charge < -0.3 is 10.4 Å². The molecular formula is C13H23NO3. The smallest absolute Gasteiger partial charge is 0.311 e. The number of nitrogens with one attached hydrogen (secondary N) is 1. The van der Waals surface area contributed by atoms with Crippen LogP contribution in [0.5, 0.6) is 0 Å². The Morgan fingerprint density at radius 2 is 1.76 bits per heavy atom. The second-order valence-corrected chi connectivity index (χ2v) is 4.27. The van der Waals surface area contributed by atoms with Crippen LogP contribution in [-0.2, 0) is 9.59 Å². The summed E-state index contributed by atoms with van der Waals surface area (Å²) < 4.78 is 0. The zero-order valence-electron chi connectivity index (χ0n) is 11.2. The van der Waals surface area contributed by atoms with Crippen molar-refractivity contribution >= 4 is 11.9 Å². The zero-order chi connectivity index (χ0) is 13.5. The lowest BCUT2D eigenvalue weighted by Crippen LogP contribution is -2.42. The van der Waals surface area contributed by atoms with Crippen molar-refractivity contribution in [2.24, 2.45) is 5.41 Å². The number of carbonyl (C=O) groups is 2. The van der Waals surface area contributed by atoms with Crippen LogP contribution in [0.3, 0.4) is 0 Å². The van der Waals surface area contributed by atoms with Crippen molar-refractivity contribution in [3.63, 3.8) is 0 Å². The van der Waals surface area contributed by atoms with Gasteiger partial charge in [-0.15, -0.1) is 0 Å². The fourth-order valence-electron chi connectivity index (χ4n) is 1.67. The highest BCUT2D eigenvalue weighted by molar-refractivity contribution is 5.93. The van der Waals surface area contributed by atoms with Crippen LogP contribution in [0.4, 0.5) is 0 Å². The van der Waals surface area contributed by atoms with Crippen molar-refractivity contribution in [1.82, 2.24) is 5.32 Å². The number of amides is 1. The fraction of sp³-hybridized carbons (Fsp3) is 0.692. The SMILES string of the molecule is CCC=C(C)C(=O)NCC(CC)(CC)C(=O)O. The Morgan fingerprint density at radius 3 is 2.12 bits per heavy atom. The van der Waals surface area contributed by atoms with E-state index in [1.165, 1.54) is 0 Å². The summed E-state index contributed by atoms with van der Waals surface area (Å²) in [6.07, 6.45) is 3.64. The molecule has 0 aromatic rings. The number of carboxylic acids is 1. The van der Waals surface area contributed by atoms with Crippen LogP contribution in [0.2, 0.25) is 0 Å². The van der Waals surface area contributed by atoms with E-state index in [9.17, 15) is 14.7 Å². The summed E-state index contributed by atoms with van der Waals surface area (Å²) in [4.78, 5) is 22.9. The molecule has 4 heteroatoms. The molecule has 1 amide bonds. The second-order valence-electron chi connectivity index (χ2n) is 4.27. The molecule has 0 saturated heterocycles. The third kappa shape index (κ3) is 4.21. The minimum atomic E-state index is -0.847. The number of rotatable bonds is 7. The van der Waals surface area contributed by atoms with Gasteiger partial charge in [0.25, 0.3) is 0 Å². The van der Waals surface area contributed by atoms with E-state index in [1.54, 1.807) is 6.92 Å². The summed E-state index contributed by atoms with van der Waals surface area (Å²) in [6.45, 7) is 7.54. The molecule has 98 valence electrons. The van der Waals surface area contributed by atoms with E-state index < -0.39 is 11.4 Å². The minimum absolute atomic E-state index is 0.181. The van der Waals surface area contributed by atoms with Gasteiger partial charge >= 0.3 is 5.97 Å². The number of hydrogen-bond donors (Lipinski definition) is 2. The average Bonchev–Trinajstić information content (AvgIpc) is 2.30. The zero-order valence-corrected chi connectivity index (χ0v) is 11.2. The van der Waals surface area contributed by atoms with Crippen LogP contribution >= 0.6 is 0 Å². The van der Waals surface area contributed by atoms with Crippen LogP contribution in [-0.4, -0.2) is 23.5 Å². The van der Waals surface area contributed by atoms with Gasteiger partial charge in [-0.1, -0.05) is 26.8 Å². The lowest BCUT2D eigenvalue weighted by Gasteiger charge is -2.26. The van der Waals surface area contributed by atoms with Gasteiger partial charge in [0.1, 0.15) is 0 Å². The maximum Gasteiger partial charge on any atom is 0.311 e. The molecule has 0 bridgehead atoms. The van der Waals surface area contributed by atoms with Gasteiger partial charge in [0.2, 0.25) is 5.91 Å². The number of aliphatic carboxylic acids is 1. The van der Waals surface area contributed by atoms with Crippen molar-refractivity contribution in [3.8, 4) is 0 Å². The standard InChI is InChI=1S/C13H23NO3/c1-5-8-10(4)11(15)14-9-13(6-2,7-3)12(16)17/h8H,5-7,9H2,1-4H3,(H,14,15)(H,16,17). The second kappa shape index (κ2) is 7.09. The van der Waals surface area contributed by atoms with Crippen molar-refractivity contribution in [1.29, 1.82) is 0 Å². The molecule has 17 heavy (non-hydrogen) atoms. The van der Waals surface area contributed by atoms with Gasteiger partial charge in [0, 0.05) is 12.1 Å². The van der Waals surface area contributed by atoms with Crippen molar-refractivity contribution in [3.05, 3.63) is 11.6 Å². The van der Waals surface area contributed by atoms with E-state index in [2.05, 4.69) is 5.32 Å². The highest BCUT2D eigenvalue weighted by Crippen LogP contribution is 2.25. The molecule has 0 unspecified atom stereocenters.